The fraction of sp³-hybridized carbons (Fsp3) is 0.897. The molecule has 238 valence electrons. The monoisotopic (exact) mass is 594 g/mol. The van der Waals surface area contributed by atoms with Crippen LogP contribution in [0.1, 0.15) is 137 Å². The number of carbonyl (C=O) groups is 3. The lowest BCUT2D eigenvalue weighted by molar-refractivity contribution is -0.776. The van der Waals surface area contributed by atoms with Crippen LogP contribution >= 0.6 is 0 Å². The molecule has 40 heavy (non-hydrogen) atoms. The van der Waals surface area contributed by atoms with Crippen molar-refractivity contribution < 1.29 is 36.9 Å². The molecule has 0 aliphatic heterocycles. The number of urea groups is 1. The van der Waals surface area contributed by atoms with Crippen molar-refractivity contribution in [3.05, 3.63) is 0 Å². The highest BCUT2D eigenvalue weighted by molar-refractivity contribution is 7.85. The van der Waals surface area contributed by atoms with E-state index in [2.05, 4.69) is 12.7 Å². The van der Waals surface area contributed by atoms with Gasteiger partial charge in [-0.1, -0.05) is 104 Å². The van der Waals surface area contributed by atoms with Crippen LogP contribution in [0.25, 0.3) is 0 Å². The maximum absolute atomic E-state index is 13.5. The summed E-state index contributed by atoms with van der Waals surface area (Å²) >= 11 is 0. The molecular formula is C29H60N3O7S+. The first-order chi connectivity index (χ1) is 18.7. The number of primary amides is 1. The summed E-state index contributed by atoms with van der Waals surface area (Å²) in [6.07, 6.45) is 19.0. The second-order valence-electron chi connectivity index (χ2n) is 11.5. The van der Waals surface area contributed by atoms with E-state index >= 15 is 0 Å². The van der Waals surface area contributed by atoms with E-state index in [1.54, 1.807) is 0 Å². The van der Waals surface area contributed by atoms with Gasteiger partial charge in [-0.3, -0.25) is 9.35 Å². The SMILES string of the molecule is CCCCCCCCCCCCCCCCC(C)(C)C(=O)[N+](CCC)(CCCS(=O)(=O)O)C(N)=O.NCC(=O)O. The Labute approximate surface area is 244 Å². The van der Waals surface area contributed by atoms with Crippen molar-refractivity contribution in [2.45, 2.75) is 137 Å². The largest absolute Gasteiger partial charge is 0.480 e. The molecule has 0 spiro atoms. The van der Waals surface area contributed by atoms with E-state index in [-0.39, 0.29) is 32.0 Å². The van der Waals surface area contributed by atoms with Crippen LogP contribution in [0.3, 0.4) is 0 Å². The number of hydrogen-bond donors (Lipinski definition) is 4. The lowest BCUT2D eigenvalue weighted by atomic mass is 9.84. The molecule has 0 aromatic carbocycles. The smallest absolute Gasteiger partial charge is 0.421 e. The topological polar surface area (TPSA) is 178 Å². The standard InChI is InChI=1S/C27H54N2O5S.C2H5NO2/c1-5-7-8-9-10-11-12-13-14-15-16-17-18-19-21-27(3,4)25(30)29(22-6-2,26(28)31)23-20-24-35(32,33)34;3-1-2(4)5/h5-24H2,1-4H3,(H2-,28,31,32,33,34);1,3H2,(H,4,5)/p+1. The van der Waals surface area contributed by atoms with Gasteiger partial charge in [0.2, 0.25) is 0 Å². The molecule has 0 bridgehead atoms. The Kier molecular flexibility index (Phi) is 23.4. The number of carboxylic acid groups (broad SMARTS) is 1. The van der Waals surface area contributed by atoms with Gasteiger partial charge >= 0.3 is 17.9 Å². The summed E-state index contributed by atoms with van der Waals surface area (Å²) in [5.41, 5.74) is 9.52. The fourth-order valence-electron chi connectivity index (χ4n) is 4.98. The molecule has 0 saturated carbocycles. The summed E-state index contributed by atoms with van der Waals surface area (Å²) in [5, 5.41) is 7.60. The average molecular weight is 595 g/mol. The molecule has 1 unspecified atom stereocenters. The molecule has 1 atom stereocenters. The van der Waals surface area contributed by atoms with Gasteiger partial charge in [0.15, 0.2) is 0 Å². The van der Waals surface area contributed by atoms with Crippen LogP contribution < -0.4 is 11.5 Å². The molecule has 0 aromatic heterocycles. The van der Waals surface area contributed by atoms with Crippen molar-refractivity contribution in [3.63, 3.8) is 0 Å². The van der Waals surface area contributed by atoms with E-state index in [1.165, 1.54) is 70.6 Å². The van der Waals surface area contributed by atoms with Crippen molar-refractivity contribution >= 4 is 28.0 Å². The fourth-order valence-corrected chi connectivity index (χ4v) is 5.48. The summed E-state index contributed by atoms with van der Waals surface area (Å²) in [6.45, 7) is 7.78. The summed E-state index contributed by atoms with van der Waals surface area (Å²) in [5.74, 6) is -1.71. The molecule has 0 aliphatic carbocycles. The number of imide groups is 1. The highest BCUT2D eigenvalue weighted by Crippen LogP contribution is 2.31. The zero-order valence-corrected chi connectivity index (χ0v) is 26.6. The number of carboxylic acids is 1. The minimum atomic E-state index is -4.16. The first-order valence-electron chi connectivity index (χ1n) is 15.3. The number of rotatable bonds is 23. The molecule has 0 heterocycles. The normalized spacial score (nSPS) is 13.2. The maximum atomic E-state index is 13.5. The molecule has 0 radical (unpaired) electrons. The van der Waals surface area contributed by atoms with Crippen LogP contribution in [0.15, 0.2) is 0 Å². The van der Waals surface area contributed by atoms with Gasteiger partial charge in [-0.2, -0.15) is 12.9 Å². The number of unbranched alkanes of at least 4 members (excludes halogenated alkanes) is 13. The van der Waals surface area contributed by atoms with Crippen LogP contribution in [0, 0.1) is 5.41 Å². The van der Waals surface area contributed by atoms with Gasteiger partial charge in [-0.15, -0.1) is 0 Å². The van der Waals surface area contributed by atoms with Crippen LogP contribution in [-0.2, 0) is 19.7 Å². The van der Waals surface area contributed by atoms with Gasteiger partial charge in [0, 0.05) is 6.42 Å². The quantitative estimate of drug-likeness (QED) is 0.0629. The van der Waals surface area contributed by atoms with Crippen molar-refractivity contribution in [1.29, 1.82) is 0 Å². The summed E-state index contributed by atoms with van der Waals surface area (Å²) in [4.78, 5) is 35.2. The van der Waals surface area contributed by atoms with E-state index in [9.17, 15) is 22.8 Å². The number of nitrogens with two attached hydrogens (primary N) is 2. The van der Waals surface area contributed by atoms with E-state index in [4.69, 9.17) is 15.4 Å². The predicted molar refractivity (Wildman–Crippen MR) is 161 cm³/mol. The number of amides is 3. The molecule has 0 fully saturated rings. The molecular weight excluding hydrogens is 534 g/mol. The molecule has 0 aromatic rings. The molecule has 11 heteroatoms. The Morgan fingerprint density at radius 2 is 1.12 bits per heavy atom. The van der Waals surface area contributed by atoms with Gasteiger partial charge in [-0.25, -0.2) is 9.59 Å². The Morgan fingerprint density at radius 3 is 1.45 bits per heavy atom. The third-order valence-electron chi connectivity index (χ3n) is 7.27. The van der Waals surface area contributed by atoms with Crippen molar-refractivity contribution in [2.24, 2.45) is 16.9 Å². The second-order valence-corrected chi connectivity index (χ2v) is 13.1. The summed E-state index contributed by atoms with van der Waals surface area (Å²) in [7, 11) is -4.16. The lowest BCUT2D eigenvalue weighted by Crippen LogP contribution is -2.64. The molecule has 0 rings (SSSR count). The molecule has 3 amide bonds. The van der Waals surface area contributed by atoms with Crippen LogP contribution in [-0.4, -0.2) is 65.9 Å². The Balaban J connectivity index is 0. The van der Waals surface area contributed by atoms with E-state index in [0.29, 0.717) is 12.8 Å². The number of nitrogens with zero attached hydrogens (tertiary/aromatic N) is 1. The molecule has 10 nitrogen and oxygen atoms in total. The number of aliphatic carboxylic acids is 1. The van der Waals surface area contributed by atoms with Crippen molar-refractivity contribution in [1.82, 2.24) is 0 Å². The summed E-state index contributed by atoms with van der Waals surface area (Å²) in [6, 6.07) is -0.749. The number of hydrogen-bond acceptors (Lipinski definition) is 6. The van der Waals surface area contributed by atoms with E-state index < -0.39 is 37.8 Å². The zero-order chi connectivity index (χ0) is 31.1. The number of quaternary nitrogens is 1. The van der Waals surface area contributed by atoms with Gasteiger partial charge in [-0.05, 0) is 26.7 Å². The van der Waals surface area contributed by atoms with Crippen molar-refractivity contribution in [3.8, 4) is 0 Å². The highest BCUT2D eigenvalue weighted by Gasteiger charge is 2.49. The summed E-state index contributed by atoms with van der Waals surface area (Å²) < 4.78 is 30.7. The van der Waals surface area contributed by atoms with Crippen molar-refractivity contribution in [2.75, 3.05) is 25.4 Å². The van der Waals surface area contributed by atoms with Crippen LogP contribution in [0.2, 0.25) is 0 Å². The minimum absolute atomic E-state index is 0.00243. The van der Waals surface area contributed by atoms with Gasteiger partial charge in [0.25, 0.3) is 10.1 Å². The lowest BCUT2D eigenvalue weighted by Gasteiger charge is -2.37. The van der Waals surface area contributed by atoms with Gasteiger partial charge in [0.1, 0.15) is 0 Å². The average Bonchev–Trinajstić information content (AvgIpc) is 2.87. The Morgan fingerprint density at radius 1 is 0.725 bits per heavy atom. The van der Waals surface area contributed by atoms with Crippen LogP contribution in [0.4, 0.5) is 4.79 Å². The van der Waals surface area contributed by atoms with E-state index in [0.717, 1.165) is 19.3 Å². The molecule has 0 saturated heterocycles. The zero-order valence-electron chi connectivity index (χ0n) is 25.8. The minimum Gasteiger partial charge on any atom is -0.480 e. The number of carbonyl (C=O) groups excluding carboxylic acids is 2. The maximum Gasteiger partial charge on any atom is 0.421 e. The molecule has 6 N–H and O–H groups in total. The second kappa shape index (κ2) is 23.1. The van der Waals surface area contributed by atoms with Gasteiger partial charge in [0.05, 0.1) is 30.8 Å². The molecule has 0 aliphatic rings. The predicted octanol–water partition coefficient (Wildman–Crippen LogP) is 6.02. The first-order valence-corrected chi connectivity index (χ1v) is 16.9. The first kappa shape index (κ1) is 40.6. The Bertz CT molecular complexity index is 803. The highest BCUT2D eigenvalue weighted by atomic mass is 32.2. The third kappa shape index (κ3) is 20.3. The van der Waals surface area contributed by atoms with Crippen LogP contribution in [0.5, 0.6) is 0 Å². The Hall–Kier alpha value is -1.56. The third-order valence-corrected chi connectivity index (χ3v) is 8.07. The van der Waals surface area contributed by atoms with E-state index in [1.807, 2.05) is 20.8 Å². The van der Waals surface area contributed by atoms with Gasteiger partial charge < -0.3 is 16.6 Å².